The van der Waals surface area contributed by atoms with Gasteiger partial charge in [0.1, 0.15) is 11.3 Å². The summed E-state index contributed by atoms with van der Waals surface area (Å²) in [7, 11) is 0. The molecule has 0 aliphatic heterocycles. The Bertz CT molecular complexity index is 507. The standard InChI is InChI=1S/C11H7FO3/c12-9(11(13)14)6-8-5-7-3-1-2-4-10(7)15-8/h1-6H,(H,13,14). The van der Waals surface area contributed by atoms with Crippen molar-refractivity contribution >= 4 is 23.0 Å². The molecule has 0 aliphatic carbocycles. The molecule has 0 amide bonds. The SMILES string of the molecule is O=C(O)C(F)=Cc1cc2ccccc2o1. The fourth-order valence-electron chi connectivity index (χ4n) is 1.26. The molecule has 0 saturated heterocycles. The molecule has 4 heteroatoms. The number of halogens is 1. The summed E-state index contributed by atoms with van der Waals surface area (Å²) >= 11 is 0. The van der Waals surface area contributed by atoms with Gasteiger partial charge in [0.25, 0.3) is 0 Å². The van der Waals surface area contributed by atoms with E-state index in [2.05, 4.69) is 0 Å². The maximum absolute atomic E-state index is 12.7. The molecule has 1 aromatic carbocycles. The number of furan rings is 1. The van der Waals surface area contributed by atoms with Gasteiger partial charge in [-0.25, -0.2) is 4.79 Å². The molecule has 0 aliphatic rings. The zero-order chi connectivity index (χ0) is 10.8. The van der Waals surface area contributed by atoms with Gasteiger partial charge in [-0.1, -0.05) is 18.2 Å². The second-order valence-electron chi connectivity index (χ2n) is 2.98. The van der Waals surface area contributed by atoms with Crippen LogP contribution >= 0.6 is 0 Å². The molecule has 2 rings (SSSR count). The van der Waals surface area contributed by atoms with Crippen molar-refractivity contribution in [3.63, 3.8) is 0 Å². The van der Waals surface area contributed by atoms with Crippen LogP contribution in [-0.2, 0) is 4.79 Å². The van der Waals surface area contributed by atoms with Crippen molar-refractivity contribution in [3.05, 3.63) is 41.9 Å². The van der Waals surface area contributed by atoms with E-state index in [1.165, 1.54) is 0 Å². The molecule has 0 fully saturated rings. The summed E-state index contributed by atoms with van der Waals surface area (Å²) in [5.74, 6) is -2.65. The summed E-state index contributed by atoms with van der Waals surface area (Å²) in [6.45, 7) is 0. The summed E-state index contributed by atoms with van der Waals surface area (Å²) in [6, 6.07) is 8.71. The van der Waals surface area contributed by atoms with Crippen molar-refractivity contribution in [1.29, 1.82) is 0 Å². The van der Waals surface area contributed by atoms with Crippen molar-refractivity contribution in [1.82, 2.24) is 0 Å². The molecule has 0 spiro atoms. The van der Waals surface area contributed by atoms with E-state index in [0.29, 0.717) is 5.58 Å². The third-order valence-electron chi connectivity index (χ3n) is 1.92. The van der Waals surface area contributed by atoms with Gasteiger partial charge in [0, 0.05) is 11.5 Å². The van der Waals surface area contributed by atoms with Crippen LogP contribution in [0.15, 0.2) is 40.6 Å². The van der Waals surface area contributed by atoms with Gasteiger partial charge in [0.05, 0.1) is 0 Å². The highest BCUT2D eigenvalue weighted by Crippen LogP contribution is 2.20. The van der Waals surface area contributed by atoms with Crippen LogP contribution < -0.4 is 0 Å². The first-order valence-corrected chi connectivity index (χ1v) is 4.26. The summed E-state index contributed by atoms with van der Waals surface area (Å²) in [5, 5.41) is 9.14. The van der Waals surface area contributed by atoms with Crippen LogP contribution in [0, 0.1) is 0 Å². The fourth-order valence-corrected chi connectivity index (χ4v) is 1.26. The van der Waals surface area contributed by atoms with Gasteiger partial charge in [-0.2, -0.15) is 4.39 Å². The number of carboxylic acids is 1. The van der Waals surface area contributed by atoms with Gasteiger partial charge in [-0.3, -0.25) is 0 Å². The highest BCUT2D eigenvalue weighted by atomic mass is 19.1. The van der Waals surface area contributed by atoms with Crippen LogP contribution in [-0.4, -0.2) is 11.1 Å². The lowest BCUT2D eigenvalue weighted by molar-refractivity contribution is -0.134. The van der Waals surface area contributed by atoms with Crippen LogP contribution in [0.1, 0.15) is 5.76 Å². The minimum atomic E-state index is -1.60. The van der Waals surface area contributed by atoms with Crippen LogP contribution in [0.25, 0.3) is 17.0 Å². The molecule has 3 nitrogen and oxygen atoms in total. The first-order chi connectivity index (χ1) is 7.16. The molecule has 1 heterocycles. The van der Waals surface area contributed by atoms with E-state index in [0.717, 1.165) is 11.5 Å². The molecule has 0 unspecified atom stereocenters. The number of fused-ring (bicyclic) bond motifs is 1. The Morgan fingerprint density at radius 2 is 2.13 bits per heavy atom. The predicted molar refractivity (Wildman–Crippen MR) is 52.9 cm³/mol. The van der Waals surface area contributed by atoms with E-state index in [4.69, 9.17) is 9.52 Å². The Hall–Kier alpha value is -2.10. The molecule has 1 aromatic heterocycles. The van der Waals surface area contributed by atoms with Crippen LogP contribution in [0.2, 0.25) is 0 Å². The maximum atomic E-state index is 12.7. The largest absolute Gasteiger partial charge is 0.476 e. The van der Waals surface area contributed by atoms with Crippen molar-refractivity contribution in [3.8, 4) is 0 Å². The topological polar surface area (TPSA) is 50.4 Å². The van der Waals surface area contributed by atoms with E-state index >= 15 is 0 Å². The lowest BCUT2D eigenvalue weighted by Gasteiger charge is -1.86. The van der Waals surface area contributed by atoms with Crippen LogP contribution in [0.3, 0.4) is 0 Å². The Morgan fingerprint density at radius 3 is 2.80 bits per heavy atom. The normalized spacial score (nSPS) is 11.9. The number of benzene rings is 1. The van der Waals surface area contributed by atoms with Gasteiger partial charge in [-0.15, -0.1) is 0 Å². The number of aliphatic carboxylic acids is 1. The monoisotopic (exact) mass is 206 g/mol. The van der Waals surface area contributed by atoms with E-state index in [1.807, 2.05) is 6.07 Å². The number of hydrogen-bond acceptors (Lipinski definition) is 2. The maximum Gasteiger partial charge on any atom is 0.364 e. The lowest BCUT2D eigenvalue weighted by Crippen LogP contribution is -1.93. The molecule has 76 valence electrons. The molecule has 0 bridgehead atoms. The number of carbonyl (C=O) groups is 1. The second-order valence-corrected chi connectivity index (χ2v) is 2.98. The van der Waals surface area contributed by atoms with E-state index in [-0.39, 0.29) is 5.76 Å². The van der Waals surface area contributed by atoms with Crippen LogP contribution in [0.5, 0.6) is 0 Å². The van der Waals surface area contributed by atoms with Crippen molar-refractivity contribution in [2.45, 2.75) is 0 Å². The minimum Gasteiger partial charge on any atom is -0.476 e. The van der Waals surface area contributed by atoms with E-state index < -0.39 is 11.8 Å². The second kappa shape index (κ2) is 3.57. The molecule has 2 aromatic rings. The number of hydrogen-bond donors (Lipinski definition) is 1. The Kier molecular flexibility index (Phi) is 2.25. The summed E-state index contributed by atoms with van der Waals surface area (Å²) in [6.07, 6.45) is 0.850. The highest BCUT2D eigenvalue weighted by molar-refractivity contribution is 5.90. The average Bonchev–Trinajstić information content (AvgIpc) is 2.59. The van der Waals surface area contributed by atoms with Crippen molar-refractivity contribution in [2.24, 2.45) is 0 Å². The lowest BCUT2D eigenvalue weighted by atomic mass is 10.2. The molecule has 0 atom stereocenters. The summed E-state index contributed by atoms with van der Waals surface area (Å²) in [4.78, 5) is 10.2. The van der Waals surface area contributed by atoms with Crippen molar-refractivity contribution < 1.29 is 18.7 Å². The first kappa shape index (κ1) is 9.45. The smallest absolute Gasteiger partial charge is 0.364 e. The Balaban J connectivity index is 2.46. The molecule has 1 N–H and O–H groups in total. The third kappa shape index (κ3) is 1.88. The summed E-state index contributed by atoms with van der Waals surface area (Å²) < 4.78 is 18.0. The van der Waals surface area contributed by atoms with Gasteiger partial charge in [0.2, 0.25) is 5.83 Å². The van der Waals surface area contributed by atoms with Gasteiger partial charge < -0.3 is 9.52 Å². The third-order valence-corrected chi connectivity index (χ3v) is 1.92. The summed E-state index contributed by atoms with van der Waals surface area (Å²) in [5.41, 5.74) is 0.599. The van der Waals surface area contributed by atoms with Crippen molar-refractivity contribution in [2.75, 3.05) is 0 Å². The minimum absolute atomic E-state index is 0.191. The molecular weight excluding hydrogens is 199 g/mol. The highest BCUT2D eigenvalue weighted by Gasteiger charge is 2.07. The molecular formula is C11H7FO3. The van der Waals surface area contributed by atoms with Gasteiger partial charge in [0.15, 0.2) is 0 Å². The Labute approximate surface area is 84.4 Å². The Morgan fingerprint density at radius 1 is 1.40 bits per heavy atom. The zero-order valence-electron chi connectivity index (χ0n) is 7.61. The fraction of sp³-hybridized carbons (Fsp3) is 0. The number of para-hydroxylation sites is 1. The van der Waals surface area contributed by atoms with Crippen LogP contribution in [0.4, 0.5) is 4.39 Å². The molecule has 0 saturated carbocycles. The van der Waals surface area contributed by atoms with Gasteiger partial charge in [-0.05, 0) is 12.1 Å². The van der Waals surface area contributed by atoms with Gasteiger partial charge >= 0.3 is 5.97 Å². The zero-order valence-corrected chi connectivity index (χ0v) is 7.61. The quantitative estimate of drug-likeness (QED) is 0.768. The average molecular weight is 206 g/mol. The molecule has 0 radical (unpaired) electrons. The first-order valence-electron chi connectivity index (χ1n) is 4.26. The predicted octanol–water partition coefficient (Wildman–Crippen LogP) is 2.83. The van der Waals surface area contributed by atoms with E-state index in [9.17, 15) is 9.18 Å². The molecule has 15 heavy (non-hydrogen) atoms. The number of carboxylic acid groups (broad SMARTS) is 1. The van der Waals surface area contributed by atoms with E-state index in [1.54, 1.807) is 24.3 Å². The number of rotatable bonds is 2.